The number of aromatic nitrogens is 2. The largest absolute Gasteiger partial charge is 0.402 e. The smallest absolute Gasteiger partial charge is 0.345 e. The zero-order valence-corrected chi connectivity index (χ0v) is 10.7. The lowest BCUT2D eigenvalue weighted by molar-refractivity contribution is 0.0728. The molecule has 0 fully saturated rings. The second-order valence-electron chi connectivity index (χ2n) is 4.38. The number of H-pyrrole nitrogens is 1. The summed E-state index contributed by atoms with van der Waals surface area (Å²) in [7, 11) is 0. The zero-order valence-electron chi connectivity index (χ0n) is 10.7. The molecule has 1 aromatic heterocycles. The third-order valence-corrected chi connectivity index (χ3v) is 3.11. The van der Waals surface area contributed by atoms with Crippen molar-refractivity contribution in [3.63, 3.8) is 0 Å². The van der Waals surface area contributed by atoms with Gasteiger partial charge in [-0.25, -0.2) is 9.18 Å². The molecule has 2 aromatic carbocycles. The van der Waals surface area contributed by atoms with Crippen molar-refractivity contribution < 1.29 is 13.9 Å². The molecule has 0 atom stereocenters. The highest BCUT2D eigenvalue weighted by Gasteiger charge is 2.16. The van der Waals surface area contributed by atoms with Gasteiger partial charge in [-0.15, -0.1) is 5.10 Å². The number of esters is 1. The van der Waals surface area contributed by atoms with Crippen molar-refractivity contribution in [1.82, 2.24) is 10.2 Å². The summed E-state index contributed by atoms with van der Waals surface area (Å²) in [5.74, 6) is -0.875. The Labute approximate surface area is 114 Å². The van der Waals surface area contributed by atoms with Crippen molar-refractivity contribution in [2.24, 2.45) is 0 Å². The van der Waals surface area contributed by atoms with Gasteiger partial charge in [0.1, 0.15) is 5.82 Å². The van der Waals surface area contributed by atoms with Gasteiger partial charge in [0.05, 0.1) is 16.5 Å². The van der Waals surface area contributed by atoms with Gasteiger partial charge in [-0.2, -0.15) is 0 Å². The maximum absolute atomic E-state index is 13.4. The molecular weight excluding hydrogens is 259 g/mol. The summed E-state index contributed by atoms with van der Waals surface area (Å²) in [5.41, 5.74) is 1.22. The molecule has 5 heteroatoms. The number of halogens is 1. The number of nitrogens with zero attached hydrogens (tertiary/aromatic N) is 1. The van der Waals surface area contributed by atoms with Crippen LogP contribution in [0.5, 0.6) is 5.88 Å². The molecule has 0 bridgehead atoms. The molecule has 0 amide bonds. The van der Waals surface area contributed by atoms with Crippen molar-refractivity contribution >= 4 is 16.9 Å². The van der Waals surface area contributed by atoms with E-state index in [9.17, 15) is 9.18 Å². The summed E-state index contributed by atoms with van der Waals surface area (Å²) in [5, 5.41) is 7.42. The highest BCUT2D eigenvalue weighted by atomic mass is 19.1. The lowest BCUT2D eigenvalue weighted by atomic mass is 10.1. The summed E-state index contributed by atoms with van der Waals surface area (Å²) in [4.78, 5) is 12.1. The van der Waals surface area contributed by atoms with Crippen LogP contribution in [-0.2, 0) is 0 Å². The van der Waals surface area contributed by atoms with Crippen LogP contribution in [0, 0.1) is 12.7 Å². The molecule has 0 aliphatic heterocycles. The van der Waals surface area contributed by atoms with E-state index in [-0.39, 0.29) is 17.0 Å². The highest BCUT2D eigenvalue weighted by Crippen LogP contribution is 2.23. The van der Waals surface area contributed by atoms with Crippen molar-refractivity contribution in [2.45, 2.75) is 6.92 Å². The third kappa shape index (κ3) is 2.03. The molecule has 4 nitrogen and oxygen atoms in total. The van der Waals surface area contributed by atoms with Crippen molar-refractivity contribution in [1.29, 1.82) is 0 Å². The van der Waals surface area contributed by atoms with Gasteiger partial charge >= 0.3 is 5.97 Å². The van der Waals surface area contributed by atoms with Gasteiger partial charge in [-0.05, 0) is 36.8 Å². The number of para-hydroxylation sites is 1. The summed E-state index contributed by atoms with van der Waals surface area (Å²) < 4.78 is 18.7. The number of rotatable bonds is 2. The standard InChI is InChI=1S/C15H11FN2O2/c1-9-10(6-4-7-12(9)16)15(19)20-14-11-5-2-3-8-13(11)17-18-14/h2-8H,1H3,(H,17,18). The molecular formula is C15H11FN2O2. The summed E-state index contributed by atoms with van der Waals surface area (Å²) in [6.07, 6.45) is 0. The Morgan fingerprint density at radius 3 is 2.85 bits per heavy atom. The number of fused-ring (bicyclic) bond motifs is 1. The number of hydrogen-bond donors (Lipinski definition) is 1. The monoisotopic (exact) mass is 270 g/mol. The summed E-state index contributed by atoms with van der Waals surface area (Å²) in [6.45, 7) is 1.54. The first-order valence-corrected chi connectivity index (χ1v) is 6.07. The molecule has 3 aromatic rings. The van der Waals surface area contributed by atoms with Gasteiger partial charge in [0, 0.05) is 0 Å². The minimum Gasteiger partial charge on any atom is -0.402 e. The number of carbonyl (C=O) groups is 1. The van der Waals surface area contributed by atoms with Crippen molar-refractivity contribution in [3.05, 3.63) is 59.4 Å². The highest BCUT2D eigenvalue weighted by molar-refractivity contribution is 5.95. The van der Waals surface area contributed by atoms with E-state index >= 15 is 0 Å². The van der Waals surface area contributed by atoms with Gasteiger partial charge in [0.2, 0.25) is 5.88 Å². The van der Waals surface area contributed by atoms with Crippen molar-refractivity contribution in [2.75, 3.05) is 0 Å². The summed E-state index contributed by atoms with van der Waals surface area (Å²) in [6, 6.07) is 11.6. The Kier molecular flexibility index (Phi) is 2.95. The number of aromatic amines is 1. The Balaban J connectivity index is 1.95. The first-order chi connectivity index (χ1) is 9.66. The molecule has 0 saturated heterocycles. The van der Waals surface area contributed by atoms with E-state index in [1.165, 1.54) is 25.1 Å². The van der Waals surface area contributed by atoms with Crippen LogP contribution < -0.4 is 4.74 Å². The molecule has 0 aliphatic rings. The maximum atomic E-state index is 13.4. The second-order valence-corrected chi connectivity index (χ2v) is 4.38. The SMILES string of the molecule is Cc1c(F)cccc1C(=O)Oc1n[nH]c2ccccc12. The Morgan fingerprint density at radius 2 is 2.00 bits per heavy atom. The van der Waals surface area contributed by atoms with Crippen LogP contribution in [0.1, 0.15) is 15.9 Å². The molecule has 1 heterocycles. The fourth-order valence-corrected chi connectivity index (χ4v) is 1.99. The Morgan fingerprint density at radius 1 is 1.20 bits per heavy atom. The average molecular weight is 270 g/mol. The number of carbonyl (C=O) groups excluding carboxylic acids is 1. The van der Waals surface area contributed by atoms with Crippen LogP contribution >= 0.6 is 0 Å². The summed E-state index contributed by atoms with van der Waals surface area (Å²) >= 11 is 0. The predicted molar refractivity (Wildman–Crippen MR) is 72.2 cm³/mol. The minimum absolute atomic E-state index is 0.189. The number of hydrogen-bond acceptors (Lipinski definition) is 3. The average Bonchev–Trinajstić information content (AvgIpc) is 2.85. The van der Waals surface area contributed by atoms with E-state index in [4.69, 9.17) is 4.74 Å². The Bertz CT molecular complexity index is 795. The van der Waals surface area contributed by atoms with Gasteiger partial charge in [0.25, 0.3) is 0 Å². The maximum Gasteiger partial charge on any atom is 0.345 e. The van der Waals surface area contributed by atoms with Crippen LogP contribution in [0.4, 0.5) is 4.39 Å². The van der Waals surface area contributed by atoms with E-state index in [0.29, 0.717) is 5.39 Å². The lowest BCUT2D eigenvalue weighted by Gasteiger charge is -2.05. The molecule has 0 spiro atoms. The molecule has 0 radical (unpaired) electrons. The normalized spacial score (nSPS) is 10.7. The van der Waals surface area contributed by atoms with Gasteiger partial charge < -0.3 is 4.74 Å². The lowest BCUT2D eigenvalue weighted by Crippen LogP contribution is -2.11. The minimum atomic E-state index is -0.626. The van der Waals surface area contributed by atoms with E-state index in [2.05, 4.69) is 10.2 Å². The van der Waals surface area contributed by atoms with E-state index in [0.717, 1.165) is 5.52 Å². The fraction of sp³-hybridized carbons (Fsp3) is 0.0667. The van der Waals surface area contributed by atoms with Crippen LogP contribution in [0.15, 0.2) is 42.5 Å². The first kappa shape index (κ1) is 12.3. The van der Waals surface area contributed by atoms with Crippen LogP contribution in [-0.4, -0.2) is 16.2 Å². The van der Waals surface area contributed by atoms with Crippen LogP contribution in [0.3, 0.4) is 0 Å². The van der Waals surface area contributed by atoms with E-state index < -0.39 is 11.8 Å². The zero-order chi connectivity index (χ0) is 14.1. The van der Waals surface area contributed by atoms with Crippen LogP contribution in [0.2, 0.25) is 0 Å². The molecule has 1 N–H and O–H groups in total. The molecule has 0 saturated carbocycles. The second kappa shape index (κ2) is 4.77. The van der Waals surface area contributed by atoms with Crippen molar-refractivity contribution in [3.8, 4) is 5.88 Å². The third-order valence-electron chi connectivity index (χ3n) is 3.11. The van der Waals surface area contributed by atoms with E-state index in [1.54, 1.807) is 6.07 Å². The molecule has 0 unspecified atom stereocenters. The van der Waals surface area contributed by atoms with E-state index in [1.807, 2.05) is 18.2 Å². The number of ether oxygens (including phenoxy) is 1. The van der Waals surface area contributed by atoms with Gasteiger partial charge in [-0.1, -0.05) is 18.2 Å². The topological polar surface area (TPSA) is 55.0 Å². The van der Waals surface area contributed by atoms with Crippen LogP contribution in [0.25, 0.3) is 10.9 Å². The Hall–Kier alpha value is -2.69. The van der Waals surface area contributed by atoms with Gasteiger partial charge in [0.15, 0.2) is 0 Å². The molecule has 100 valence electrons. The molecule has 0 aliphatic carbocycles. The first-order valence-electron chi connectivity index (χ1n) is 6.07. The molecule has 3 rings (SSSR count). The predicted octanol–water partition coefficient (Wildman–Crippen LogP) is 3.23. The van der Waals surface area contributed by atoms with Gasteiger partial charge in [-0.3, -0.25) is 5.10 Å². The quantitative estimate of drug-likeness (QED) is 0.727. The number of benzene rings is 2. The molecule has 20 heavy (non-hydrogen) atoms. The number of nitrogens with one attached hydrogen (secondary N) is 1. The fourth-order valence-electron chi connectivity index (χ4n) is 1.99.